The number of hydrogen-bond donors (Lipinski definition) is 1. The van der Waals surface area contributed by atoms with Crippen LogP contribution >= 0.6 is 0 Å². The SMILES string of the molecule is CCOc1cc2nccc(N3CCNCC3)c2c(OC)c1OCC. The van der Waals surface area contributed by atoms with Crippen molar-refractivity contribution in [2.45, 2.75) is 13.8 Å². The van der Waals surface area contributed by atoms with Crippen LogP contribution in [-0.2, 0) is 0 Å². The van der Waals surface area contributed by atoms with Crippen LogP contribution in [0.2, 0.25) is 0 Å². The Morgan fingerprint density at radius 2 is 1.88 bits per heavy atom. The van der Waals surface area contributed by atoms with Gasteiger partial charge in [-0.2, -0.15) is 0 Å². The summed E-state index contributed by atoms with van der Waals surface area (Å²) in [5, 5.41) is 4.37. The standard InChI is InChI=1S/C18H25N3O3/c1-4-23-15-12-13-16(18(22-3)17(15)24-5-2)14(6-7-20-13)21-10-8-19-9-11-21/h6-7,12,19H,4-5,8-11H2,1-3H3. The molecule has 2 heterocycles. The van der Waals surface area contributed by atoms with E-state index in [0.29, 0.717) is 30.5 Å². The molecule has 1 aliphatic heterocycles. The van der Waals surface area contributed by atoms with Gasteiger partial charge in [-0.25, -0.2) is 0 Å². The number of nitrogens with one attached hydrogen (secondary N) is 1. The van der Waals surface area contributed by atoms with Gasteiger partial charge in [0.2, 0.25) is 5.75 Å². The van der Waals surface area contributed by atoms with Crippen LogP contribution < -0.4 is 24.4 Å². The van der Waals surface area contributed by atoms with E-state index in [1.165, 1.54) is 0 Å². The maximum Gasteiger partial charge on any atom is 0.204 e. The topological polar surface area (TPSA) is 55.9 Å². The fourth-order valence-electron chi connectivity index (χ4n) is 3.13. The maximum absolute atomic E-state index is 5.85. The molecule has 3 rings (SSSR count). The lowest BCUT2D eigenvalue weighted by Gasteiger charge is -2.31. The van der Waals surface area contributed by atoms with Gasteiger partial charge in [0.15, 0.2) is 11.5 Å². The third-order valence-corrected chi connectivity index (χ3v) is 4.13. The minimum Gasteiger partial charge on any atom is -0.492 e. The molecule has 0 spiro atoms. The molecule has 6 nitrogen and oxygen atoms in total. The number of fused-ring (bicyclic) bond motifs is 1. The van der Waals surface area contributed by atoms with Crippen LogP contribution in [0.1, 0.15) is 13.8 Å². The first-order valence-electron chi connectivity index (χ1n) is 8.51. The molecule has 0 amide bonds. The van der Waals surface area contributed by atoms with Crippen molar-refractivity contribution >= 4 is 16.6 Å². The van der Waals surface area contributed by atoms with E-state index in [9.17, 15) is 0 Å². The van der Waals surface area contributed by atoms with E-state index in [1.54, 1.807) is 7.11 Å². The van der Waals surface area contributed by atoms with Gasteiger partial charge in [0.05, 0.1) is 36.9 Å². The molecule has 0 radical (unpaired) electrons. The summed E-state index contributed by atoms with van der Waals surface area (Å²) in [7, 11) is 1.67. The van der Waals surface area contributed by atoms with Crippen LogP contribution in [0.4, 0.5) is 5.69 Å². The Bertz CT molecular complexity index is 699. The lowest BCUT2D eigenvalue weighted by atomic mass is 10.1. The number of pyridine rings is 1. The van der Waals surface area contributed by atoms with E-state index in [4.69, 9.17) is 14.2 Å². The number of hydrogen-bond acceptors (Lipinski definition) is 6. The molecule has 0 unspecified atom stereocenters. The second kappa shape index (κ2) is 7.57. The number of nitrogens with zero attached hydrogens (tertiary/aromatic N) is 2. The Labute approximate surface area is 142 Å². The monoisotopic (exact) mass is 331 g/mol. The van der Waals surface area contributed by atoms with Crippen LogP contribution in [0.15, 0.2) is 18.3 Å². The van der Waals surface area contributed by atoms with Gasteiger partial charge < -0.3 is 24.4 Å². The Kier molecular flexibility index (Phi) is 5.25. The maximum atomic E-state index is 5.85. The lowest BCUT2D eigenvalue weighted by molar-refractivity contribution is 0.273. The molecule has 130 valence electrons. The van der Waals surface area contributed by atoms with Crippen LogP contribution in [0.25, 0.3) is 10.9 Å². The third kappa shape index (κ3) is 3.06. The molecule has 0 bridgehead atoms. The Hall–Kier alpha value is -2.21. The predicted octanol–water partition coefficient (Wildman–Crippen LogP) is 2.45. The molecule has 2 aromatic rings. The highest BCUT2D eigenvalue weighted by molar-refractivity contribution is 6.00. The first-order chi connectivity index (χ1) is 11.8. The van der Waals surface area contributed by atoms with Gasteiger partial charge in [0.25, 0.3) is 0 Å². The average molecular weight is 331 g/mol. The Morgan fingerprint density at radius 3 is 2.54 bits per heavy atom. The summed E-state index contributed by atoms with van der Waals surface area (Å²) >= 11 is 0. The quantitative estimate of drug-likeness (QED) is 0.877. The van der Waals surface area contributed by atoms with Crippen LogP contribution in [0, 0.1) is 0 Å². The lowest BCUT2D eigenvalue weighted by Crippen LogP contribution is -2.43. The van der Waals surface area contributed by atoms with Gasteiger partial charge in [-0.3, -0.25) is 4.98 Å². The Morgan fingerprint density at radius 1 is 1.12 bits per heavy atom. The second-order valence-electron chi connectivity index (χ2n) is 5.56. The zero-order valence-corrected chi connectivity index (χ0v) is 14.6. The summed E-state index contributed by atoms with van der Waals surface area (Å²) in [5.41, 5.74) is 1.98. The summed E-state index contributed by atoms with van der Waals surface area (Å²) in [4.78, 5) is 6.89. The van der Waals surface area contributed by atoms with Crippen molar-refractivity contribution in [2.75, 3.05) is 51.4 Å². The summed E-state index contributed by atoms with van der Waals surface area (Å²) in [6.45, 7) is 8.88. The highest BCUT2D eigenvalue weighted by Gasteiger charge is 2.22. The van der Waals surface area contributed by atoms with E-state index in [0.717, 1.165) is 42.8 Å². The molecule has 0 saturated carbocycles. The molecule has 6 heteroatoms. The number of rotatable bonds is 6. The number of methoxy groups -OCH3 is 1. The number of ether oxygens (including phenoxy) is 3. The molecule has 24 heavy (non-hydrogen) atoms. The number of anilines is 1. The second-order valence-corrected chi connectivity index (χ2v) is 5.56. The molecule has 0 atom stereocenters. The van der Waals surface area contributed by atoms with Crippen LogP contribution in [-0.4, -0.2) is 51.5 Å². The number of aromatic nitrogens is 1. The first-order valence-corrected chi connectivity index (χ1v) is 8.51. The predicted molar refractivity (Wildman–Crippen MR) is 95.7 cm³/mol. The van der Waals surface area contributed by atoms with Gasteiger partial charge in [0, 0.05) is 38.4 Å². The van der Waals surface area contributed by atoms with Gasteiger partial charge >= 0.3 is 0 Å². The minimum atomic E-state index is 0.547. The van der Waals surface area contributed by atoms with Crippen molar-refractivity contribution < 1.29 is 14.2 Å². The van der Waals surface area contributed by atoms with E-state index in [2.05, 4.69) is 15.2 Å². The van der Waals surface area contributed by atoms with Crippen molar-refractivity contribution in [1.82, 2.24) is 10.3 Å². The van der Waals surface area contributed by atoms with E-state index >= 15 is 0 Å². The molecule has 1 fully saturated rings. The number of piperazine rings is 1. The zero-order chi connectivity index (χ0) is 16.9. The summed E-state index contributed by atoms with van der Waals surface area (Å²) in [5.74, 6) is 2.02. The van der Waals surface area contributed by atoms with E-state index < -0.39 is 0 Å². The normalized spacial score (nSPS) is 14.7. The van der Waals surface area contributed by atoms with Crippen LogP contribution in [0.3, 0.4) is 0 Å². The van der Waals surface area contributed by atoms with Gasteiger partial charge in [-0.05, 0) is 19.9 Å². The minimum absolute atomic E-state index is 0.547. The van der Waals surface area contributed by atoms with Crippen LogP contribution in [0.5, 0.6) is 17.2 Å². The molecule has 1 N–H and O–H groups in total. The van der Waals surface area contributed by atoms with E-state index in [-0.39, 0.29) is 0 Å². The smallest absolute Gasteiger partial charge is 0.204 e. The Balaban J connectivity index is 2.21. The van der Waals surface area contributed by atoms with Crippen molar-refractivity contribution in [3.05, 3.63) is 18.3 Å². The first kappa shape index (κ1) is 16.6. The fraction of sp³-hybridized carbons (Fsp3) is 0.500. The molecular formula is C18H25N3O3. The fourth-order valence-corrected chi connectivity index (χ4v) is 3.13. The summed E-state index contributed by atoms with van der Waals surface area (Å²) in [6.07, 6.45) is 1.84. The summed E-state index contributed by atoms with van der Waals surface area (Å²) in [6, 6.07) is 3.99. The number of benzene rings is 1. The molecule has 1 saturated heterocycles. The molecule has 1 aromatic heterocycles. The highest BCUT2D eigenvalue weighted by Crippen LogP contribution is 2.46. The van der Waals surface area contributed by atoms with Crippen molar-refractivity contribution in [3.63, 3.8) is 0 Å². The summed E-state index contributed by atoms with van der Waals surface area (Å²) < 4.78 is 17.4. The van der Waals surface area contributed by atoms with E-state index in [1.807, 2.05) is 32.2 Å². The third-order valence-electron chi connectivity index (χ3n) is 4.13. The molecule has 1 aliphatic rings. The highest BCUT2D eigenvalue weighted by atomic mass is 16.5. The zero-order valence-electron chi connectivity index (χ0n) is 14.6. The van der Waals surface area contributed by atoms with Gasteiger partial charge in [-0.1, -0.05) is 0 Å². The van der Waals surface area contributed by atoms with Gasteiger partial charge in [-0.15, -0.1) is 0 Å². The molecule has 0 aliphatic carbocycles. The van der Waals surface area contributed by atoms with Gasteiger partial charge in [0.1, 0.15) is 0 Å². The van der Waals surface area contributed by atoms with Crippen molar-refractivity contribution in [3.8, 4) is 17.2 Å². The molecular weight excluding hydrogens is 306 g/mol. The van der Waals surface area contributed by atoms with Crippen molar-refractivity contribution in [2.24, 2.45) is 0 Å². The van der Waals surface area contributed by atoms with Crippen molar-refractivity contribution in [1.29, 1.82) is 0 Å². The molecule has 1 aromatic carbocycles. The largest absolute Gasteiger partial charge is 0.492 e. The average Bonchev–Trinajstić information content (AvgIpc) is 2.63.